The summed E-state index contributed by atoms with van der Waals surface area (Å²) >= 11 is 0. The molecule has 0 saturated heterocycles. The van der Waals surface area contributed by atoms with E-state index in [1.807, 2.05) is 0 Å². The Kier molecular flexibility index (Phi) is 2.07. The van der Waals surface area contributed by atoms with Crippen LogP contribution in [-0.2, 0) is 4.74 Å². The standard InChI is InChI=1S/C9H11N3O2/c1-14-9(13)7-4-6(10)8(12-11-7)5-2-3-5/h4-5H,2-3H2,1H3,(H2,10,11). The van der Waals surface area contributed by atoms with Gasteiger partial charge in [0.05, 0.1) is 18.5 Å². The van der Waals surface area contributed by atoms with Crippen molar-refractivity contribution in [3.05, 3.63) is 17.5 Å². The van der Waals surface area contributed by atoms with Gasteiger partial charge in [0.1, 0.15) is 0 Å². The third-order valence-corrected chi connectivity index (χ3v) is 2.21. The number of methoxy groups -OCH3 is 1. The fourth-order valence-electron chi connectivity index (χ4n) is 1.29. The average Bonchev–Trinajstić information content (AvgIpc) is 3.00. The molecule has 0 spiro atoms. The Bertz CT molecular complexity index is 374. The van der Waals surface area contributed by atoms with Crippen LogP contribution in [0, 0.1) is 0 Å². The highest BCUT2D eigenvalue weighted by atomic mass is 16.5. The average molecular weight is 193 g/mol. The summed E-state index contributed by atoms with van der Waals surface area (Å²) < 4.78 is 4.51. The fourth-order valence-corrected chi connectivity index (χ4v) is 1.29. The second kappa shape index (κ2) is 3.25. The zero-order valence-electron chi connectivity index (χ0n) is 7.86. The second-order valence-corrected chi connectivity index (χ2v) is 3.34. The van der Waals surface area contributed by atoms with Crippen molar-refractivity contribution in [2.75, 3.05) is 12.8 Å². The van der Waals surface area contributed by atoms with Crippen LogP contribution in [0.4, 0.5) is 5.69 Å². The molecule has 0 unspecified atom stereocenters. The Morgan fingerprint density at radius 2 is 2.29 bits per heavy atom. The summed E-state index contributed by atoms with van der Waals surface area (Å²) in [6.07, 6.45) is 2.22. The lowest BCUT2D eigenvalue weighted by Gasteiger charge is -2.03. The van der Waals surface area contributed by atoms with Gasteiger partial charge < -0.3 is 10.5 Å². The number of nitrogens with zero attached hydrogens (tertiary/aromatic N) is 2. The van der Waals surface area contributed by atoms with Gasteiger partial charge in [-0.2, -0.15) is 5.10 Å². The van der Waals surface area contributed by atoms with Crippen LogP contribution in [0.2, 0.25) is 0 Å². The predicted octanol–water partition coefficient (Wildman–Crippen LogP) is 0.723. The number of hydrogen-bond donors (Lipinski definition) is 1. The van der Waals surface area contributed by atoms with Gasteiger partial charge in [0.25, 0.3) is 0 Å². The maximum absolute atomic E-state index is 11.1. The molecule has 0 atom stereocenters. The molecule has 14 heavy (non-hydrogen) atoms. The van der Waals surface area contributed by atoms with Crippen LogP contribution < -0.4 is 5.73 Å². The lowest BCUT2D eigenvalue weighted by Crippen LogP contribution is -2.09. The molecule has 1 aromatic rings. The van der Waals surface area contributed by atoms with Crippen LogP contribution in [0.15, 0.2) is 6.07 Å². The largest absolute Gasteiger partial charge is 0.464 e. The first-order valence-corrected chi connectivity index (χ1v) is 4.43. The van der Waals surface area contributed by atoms with Gasteiger partial charge in [-0.25, -0.2) is 4.79 Å². The molecule has 0 aliphatic heterocycles. The maximum atomic E-state index is 11.1. The molecule has 0 amide bonds. The van der Waals surface area contributed by atoms with Crippen LogP contribution in [0.3, 0.4) is 0 Å². The molecular weight excluding hydrogens is 182 g/mol. The van der Waals surface area contributed by atoms with Crippen molar-refractivity contribution in [2.45, 2.75) is 18.8 Å². The van der Waals surface area contributed by atoms with Crippen LogP contribution in [-0.4, -0.2) is 23.3 Å². The minimum atomic E-state index is -0.508. The van der Waals surface area contributed by atoms with E-state index < -0.39 is 5.97 Å². The number of anilines is 1. The molecule has 1 aliphatic carbocycles. The van der Waals surface area contributed by atoms with Crippen molar-refractivity contribution in [3.8, 4) is 0 Å². The number of carbonyl (C=O) groups excluding carboxylic acids is 1. The highest BCUT2D eigenvalue weighted by molar-refractivity contribution is 5.87. The third-order valence-electron chi connectivity index (χ3n) is 2.21. The lowest BCUT2D eigenvalue weighted by molar-refractivity contribution is 0.0592. The van der Waals surface area contributed by atoms with Crippen molar-refractivity contribution in [2.24, 2.45) is 0 Å². The Morgan fingerprint density at radius 1 is 1.57 bits per heavy atom. The van der Waals surface area contributed by atoms with Crippen molar-refractivity contribution in [1.29, 1.82) is 0 Å². The van der Waals surface area contributed by atoms with Gasteiger partial charge in [0, 0.05) is 5.92 Å². The zero-order chi connectivity index (χ0) is 10.1. The molecule has 1 aliphatic rings. The molecule has 0 aromatic carbocycles. The van der Waals surface area contributed by atoms with Crippen molar-refractivity contribution < 1.29 is 9.53 Å². The van der Waals surface area contributed by atoms with Gasteiger partial charge in [-0.15, -0.1) is 5.10 Å². The topological polar surface area (TPSA) is 78.1 Å². The molecule has 5 heteroatoms. The quantitative estimate of drug-likeness (QED) is 0.700. The molecule has 5 nitrogen and oxygen atoms in total. The highest BCUT2D eigenvalue weighted by Crippen LogP contribution is 2.41. The SMILES string of the molecule is COC(=O)c1cc(N)c(C2CC2)nn1. The van der Waals surface area contributed by atoms with Crippen molar-refractivity contribution >= 4 is 11.7 Å². The Labute approximate surface area is 81.3 Å². The molecule has 74 valence electrons. The third kappa shape index (κ3) is 1.53. The van der Waals surface area contributed by atoms with Gasteiger partial charge in [0.2, 0.25) is 0 Å². The summed E-state index contributed by atoms with van der Waals surface area (Å²) in [5.74, 6) is -0.0688. The van der Waals surface area contributed by atoms with Gasteiger partial charge in [-0.1, -0.05) is 0 Å². The molecule has 1 heterocycles. The number of hydrogen-bond acceptors (Lipinski definition) is 5. The molecular formula is C9H11N3O2. The number of esters is 1. The number of ether oxygens (including phenoxy) is 1. The van der Waals surface area contributed by atoms with E-state index in [0.29, 0.717) is 11.6 Å². The number of nitrogen functional groups attached to an aromatic ring is 1. The smallest absolute Gasteiger partial charge is 0.358 e. The number of carbonyl (C=O) groups is 1. The number of rotatable bonds is 2. The van der Waals surface area contributed by atoms with Gasteiger partial charge >= 0.3 is 5.97 Å². The minimum Gasteiger partial charge on any atom is -0.464 e. The van der Waals surface area contributed by atoms with E-state index >= 15 is 0 Å². The molecule has 1 saturated carbocycles. The summed E-state index contributed by atoms with van der Waals surface area (Å²) in [5.41, 5.74) is 7.24. The summed E-state index contributed by atoms with van der Waals surface area (Å²) in [6, 6.07) is 1.52. The van der Waals surface area contributed by atoms with E-state index in [1.165, 1.54) is 13.2 Å². The predicted molar refractivity (Wildman–Crippen MR) is 49.8 cm³/mol. The Morgan fingerprint density at radius 3 is 2.79 bits per heavy atom. The van der Waals surface area contributed by atoms with Crippen LogP contribution in [0.5, 0.6) is 0 Å². The van der Waals surface area contributed by atoms with Crippen molar-refractivity contribution in [1.82, 2.24) is 10.2 Å². The summed E-state index contributed by atoms with van der Waals surface area (Å²) in [4.78, 5) is 11.1. The second-order valence-electron chi connectivity index (χ2n) is 3.34. The monoisotopic (exact) mass is 193 g/mol. The van der Waals surface area contributed by atoms with Crippen molar-refractivity contribution in [3.63, 3.8) is 0 Å². The summed E-state index contributed by atoms with van der Waals surface area (Å²) in [7, 11) is 1.30. The molecule has 1 aromatic heterocycles. The normalized spacial score (nSPS) is 15.2. The Balaban J connectivity index is 2.30. The first-order chi connectivity index (χ1) is 6.72. The number of nitrogens with two attached hydrogens (primary N) is 1. The first-order valence-electron chi connectivity index (χ1n) is 4.43. The molecule has 0 radical (unpaired) electrons. The number of aromatic nitrogens is 2. The zero-order valence-corrected chi connectivity index (χ0v) is 7.86. The fraction of sp³-hybridized carbons (Fsp3) is 0.444. The summed E-state index contributed by atoms with van der Waals surface area (Å²) in [6.45, 7) is 0. The first kappa shape index (κ1) is 8.93. The van der Waals surface area contributed by atoms with E-state index in [0.717, 1.165) is 18.5 Å². The van der Waals surface area contributed by atoms with E-state index in [1.54, 1.807) is 0 Å². The van der Waals surface area contributed by atoms with Crippen LogP contribution in [0.25, 0.3) is 0 Å². The highest BCUT2D eigenvalue weighted by Gasteiger charge is 2.28. The van der Waals surface area contributed by atoms with E-state index in [2.05, 4.69) is 14.9 Å². The van der Waals surface area contributed by atoms with Gasteiger partial charge in [-0.05, 0) is 18.9 Å². The van der Waals surface area contributed by atoms with E-state index in [4.69, 9.17) is 5.73 Å². The Hall–Kier alpha value is -1.65. The lowest BCUT2D eigenvalue weighted by atomic mass is 10.2. The minimum absolute atomic E-state index is 0.161. The van der Waals surface area contributed by atoms with Gasteiger partial charge in [0.15, 0.2) is 5.69 Å². The molecule has 1 fully saturated rings. The van der Waals surface area contributed by atoms with E-state index in [-0.39, 0.29) is 5.69 Å². The molecule has 0 bridgehead atoms. The molecule has 2 rings (SSSR count). The van der Waals surface area contributed by atoms with E-state index in [9.17, 15) is 4.79 Å². The summed E-state index contributed by atoms with van der Waals surface area (Å²) in [5, 5.41) is 7.70. The van der Waals surface area contributed by atoms with Crippen LogP contribution in [0.1, 0.15) is 34.9 Å². The van der Waals surface area contributed by atoms with Crippen LogP contribution >= 0.6 is 0 Å². The molecule has 2 N–H and O–H groups in total. The maximum Gasteiger partial charge on any atom is 0.358 e. The van der Waals surface area contributed by atoms with Gasteiger partial charge in [-0.3, -0.25) is 0 Å².